The Morgan fingerprint density at radius 2 is 2.11 bits per heavy atom. The number of carbonyl (C=O) groups excluding carboxylic acids is 2. The van der Waals surface area contributed by atoms with Crippen molar-refractivity contribution in [3.05, 3.63) is 58.7 Å². The molecule has 2 aromatic rings. The number of amides is 2. The SMILES string of the molecule is NC(=O)c1ccc2c(c1)[C@@H]1CN(CCc3ccc4c(c3)CC(=O)N4)C[C@H]1CO2. The van der Waals surface area contributed by atoms with Crippen molar-refractivity contribution in [1.82, 2.24) is 4.90 Å². The molecule has 0 saturated carbocycles. The van der Waals surface area contributed by atoms with Crippen molar-refractivity contribution in [2.24, 2.45) is 11.7 Å². The summed E-state index contributed by atoms with van der Waals surface area (Å²) in [5, 5.41) is 2.88. The molecule has 0 unspecified atom stereocenters. The third kappa shape index (κ3) is 3.03. The summed E-state index contributed by atoms with van der Waals surface area (Å²) in [6.07, 6.45) is 1.43. The second kappa shape index (κ2) is 6.63. The van der Waals surface area contributed by atoms with Gasteiger partial charge in [-0.15, -0.1) is 0 Å². The van der Waals surface area contributed by atoms with Crippen molar-refractivity contribution in [3.8, 4) is 5.75 Å². The summed E-state index contributed by atoms with van der Waals surface area (Å²) < 4.78 is 5.93. The van der Waals surface area contributed by atoms with Crippen LogP contribution >= 0.6 is 0 Å². The van der Waals surface area contributed by atoms with Crippen LogP contribution in [0.15, 0.2) is 36.4 Å². The van der Waals surface area contributed by atoms with E-state index in [4.69, 9.17) is 10.5 Å². The summed E-state index contributed by atoms with van der Waals surface area (Å²) in [5.41, 5.74) is 10.4. The van der Waals surface area contributed by atoms with Gasteiger partial charge >= 0.3 is 0 Å². The molecule has 2 aromatic carbocycles. The van der Waals surface area contributed by atoms with E-state index in [1.54, 1.807) is 6.07 Å². The predicted octanol–water partition coefficient (Wildman–Crippen LogP) is 1.93. The second-order valence-corrected chi connectivity index (χ2v) is 8.02. The highest BCUT2D eigenvalue weighted by Gasteiger charge is 2.38. The minimum Gasteiger partial charge on any atom is -0.493 e. The number of likely N-dealkylation sites (tertiary alicyclic amines) is 1. The smallest absolute Gasteiger partial charge is 0.248 e. The average molecular weight is 377 g/mol. The van der Waals surface area contributed by atoms with Crippen molar-refractivity contribution in [3.63, 3.8) is 0 Å². The number of hydrogen-bond donors (Lipinski definition) is 2. The standard InChI is InChI=1S/C22H23N3O3/c23-22(27)14-2-4-20-17(8-14)18-11-25(10-16(18)12-28-20)6-5-13-1-3-19-15(7-13)9-21(26)24-19/h1-4,7-8,16,18H,5-6,9-12H2,(H2,23,27)(H,24,26)/t16-,18+/m0/s1. The second-order valence-electron chi connectivity index (χ2n) is 8.02. The van der Waals surface area contributed by atoms with E-state index >= 15 is 0 Å². The van der Waals surface area contributed by atoms with Crippen LogP contribution in [0.2, 0.25) is 0 Å². The number of anilines is 1. The molecule has 0 aromatic heterocycles. The van der Waals surface area contributed by atoms with Crippen LogP contribution in [0.5, 0.6) is 5.75 Å². The molecule has 0 spiro atoms. The topological polar surface area (TPSA) is 84.7 Å². The Kier molecular flexibility index (Phi) is 4.09. The molecular formula is C22H23N3O3. The number of nitrogens with zero attached hydrogens (tertiary/aromatic N) is 1. The van der Waals surface area contributed by atoms with E-state index in [0.717, 1.165) is 55.2 Å². The number of benzene rings is 2. The number of carbonyl (C=O) groups is 2. The van der Waals surface area contributed by atoms with Crippen molar-refractivity contribution >= 4 is 17.5 Å². The number of ether oxygens (including phenoxy) is 1. The molecule has 2 amide bonds. The van der Waals surface area contributed by atoms with Crippen molar-refractivity contribution in [2.45, 2.75) is 18.8 Å². The van der Waals surface area contributed by atoms with Crippen LogP contribution in [0.3, 0.4) is 0 Å². The molecule has 0 aliphatic carbocycles. The van der Waals surface area contributed by atoms with Gasteiger partial charge in [0, 0.05) is 42.7 Å². The van der Waals surface area contributed by atoms with Gasteiger partial charge in [0.25, 0.3) is 0 Å². The quantitative estimate of drug-likeness (QED) is 0.853. The molecule has 6 nitrogen and oxygen atoms in total. The van der Waals surface area contributed by atoms with E-state index < -0.39 is 5.91 Å². The maximum Gasteiger partial charge on any atom is 0.248 e. The van der Waals surface area contributed by atoms with Crippen LogP contribution in [-0.4, -0.2) is 43.0 Å². The maximum absolute atomic E-state index is 11.5. The van der Waals surface area contributed by atoms with Crippen LogP contribution in [0.4, 0.5) is 5.69 Å². The van der Waals surface area contributed by atoms with Gasteiger partial charge in [-0.05, 0) is 47.4 Å². The Balaban J connectivity index is 1.27. The number of primary amides is 1. The Bertz CT molecular complexity index is 971. The van der Waals surface area contributed by atoms with E-state index in [1.165, 1.54) is 5.56 Å². The van der Waals surface area contributed by atoms with Crippen LogP contribution in [0.1, 0.15) is 33.0 Å². The van der Waals surface area contributed by atoms with Gasteiger partial charge < -0.3 is 20.7 Å². The maximum atomic E-state index is 11.5. The molecular weight excluding hydrogens is 354 g/mol. The number of nitrogens with two attached hydrogens (primary N) is 1. The first-order valence-corrected chi connectivity index (χ1v) is 9.77. The lowest BCUT2D eigenvalue weighted by atomic mass is 9.86. The van der Waals surface area contributed by atoms with Gasteiger partial charge in [-0.25, -0.2) is 0 Å². The molecule has 3 aliphatic rings. The van der Waals surface area contributed by atoms with Crippen molar-refractivity contribution in [2.75, 3.05) is 31.6 Å². The minimum atomic E-state index is -0.399. The number of hydrogen-bond acceptors (Lipinski definition) is 4. The molecule has 1 saturated heterocycles. The first-order valence-electron chi connectivity index (χ1n) is 9.77. The molecule has 144 valence electrons. The van der Waals surface area contributed by atoms with Gasteiger partial charge in [-0.1, -0.05) is 12.1 Å². The molecule has 0 radical (unpaired) electrons. The third-order valence-corrected chi connectivity index (χ3v) is 6.17. The largest absolute Gasteiger partial charge is 0.493 e. The highest BCUT2D eigenvalue weighted by Crippen LogP contribution is 2.42. The Hall–Kier alpha value is -2.86. The molecule has 28 heavy (non-hydrogen) atoms. The van der Waals surface area contributed by atoms with Gasteiger partial charge in [-0.2, -0.15) is 0 Å². The van der Waals surface area contributed by atoms with E-state index in [-0.39, 0.29) is 5.91 Å². The van der Waals surface area contributed by atoms with Crippen LogP contribution in [0, 0.1) is 5.92 Å². The third-order valence-electron chi connectivity index (χ3n) is 6.17. The highest BCUT2D eigenvalue weighted by molar-refractivity contribution is 5.99. The van der Waals surface area contributed by atoms with Gasteiger partial charge in [0.2, 0.25) is 11.8 Å². The normalized spacial score (nSPS) is 22.8. The van der Waals surface area contributed by atoms with Gasteiger partial charge in [0.1, 0.15) is 5.75 Å². The van der Waals surface area contributed by atoms with Crippen LogP contribution in [-0.2, 0) is 17.6 Å². The summed E-state index contributed by atoms with van der Waals surface area (Å²) in [6.45, 7) is 3.65. The fraction of sp³-hybridized carbons (Fsp3) is 0.364. The van der Waals surface area contributed by atoms with E-state index in [9.17, 15) is 9.59 Å². The van der Waals surface area contributed by atoms with Crippen molar-refractivity contribution in [1.29, 1.82) is 0 Å². The monoisotopic (exact) mass is 377 g/mol. The summed E-state index contributed by atoms with van der Waals surface area (Å²) in [6, 6.07) is 11.8. The molecule has 3 heterocycles. The molecule has 1 fully saturated rings. The summed E-state index contributed by atoms with van der Waals surface area (Å²) in [4.78, 5) is 25.6. The molecule has 2 atom stereocenters. The zero-order valence-electron chi connectivity index (χ0n) is 15.6. The highest BCUT2D eigenvalue weighted by atomic mass is 16.5. The molecule has 6 heteroatoms. The number of nitrogens with one attached hydrogen (secondary N) is 1. The van der Waals surface area contributed by atoms with Crippen LogP contribution < -0.4 is 15.8 Å². The summed E-state index contributed by atoms with van der Waals surface area (Å²) >= 11 is 0. The van der Waals surface area contributed by atoms with Gasteiger partial charge in [0.15, 0.2) is 0 Å². The first kappa shape index (κ1) is 17.3. The summed E-state index contributed by atoms with van der Waals surface area (Å²) in [5.74, 6) is 1.38. The lowest BCUT2D eigenvalue weighted by Crippen LogP contribution is -2.26. The lowest BCUT2D eigenvalue weighted by molar-refractivity contribution is -0.115. The average Bonchev–Trinajstić information content (AvgIpc) is 3.27. The Morgan fingerprint density at radius 1 is 1.21 bits per heavy atom. The van der Waals surface area contributed by atoms with E-state index in [0.29, 0.717) is 23.8 Å². The number of fused-ring (bicyclic) bond motifs is 4. The zero-order chi connectivity index (χ0) is 19.3. The minimum absolute atomic E-state index is 0.0739. The Morgan fingerprint density at radius 3 is 2.96 bits per heavy atom. The van der Waals surface area contributed by atoms with Gasteiger partial charge in [-0.3, -0.25) is 9.59 Å². The van der Waals surface area contributed by atoms with Crippen molar-refractivity contribution < 1.29 is 14.3 Å². The van der Waals surface area contributed by atoms with E-state index in [1.807, 2.05) is 18.2 Å². The predicted molar refractivity (Wildman–Crippen MR) is 106 cm³/mol. The fourth-order valence-electron chi connectivity index (χ4n) is 4.71. The molecule has 3 N–H and O–H groups in total. The molecule has 5 rings (SSSR count). The fourth-order valence-corrected chi connectivity index (χ4v) is 4.71. The molecule has 0 bridgehead atoms. The van der Waals surface area contributed by atoms with Crippen LogP contribution in [0.25, 0.3) is 0 Å². The van der Waals surface area contributed by atoms with E-state index in [2.05, 4.69) is 22.3 Å². The first-order chi connectivity index (χ1) is 13.6. The summed E-state index contributed by atoms with van der Waals surface area (Å²) in [7, 11) is 0. The Labute approximate surface area is 163 Å². The lowest BCUT2D eigenvalue weighted by Gasteiger charge is -2.28. The number of rotatable bonds is 4. The molecule has 3 aliphatic heterocycles. The zero-order valence-corrected chi connectivity index (χ0v) is 15.6. The van der Waals surface area contributed by atoms with Gasteiger partial charge in [0.05, 0.1) is 13.0 Å².